The number of amides is 1. The SMILES string of the molecule is CCC(CN)NC(=O)c1ccccc1C(F)(F)F. The molecule has 1 aromatic rings. The van der Waals surface area contributed by atoms with Crippen molar-refractivity contribution in [1.82, 2.24) is 5.32 Å². The molecule has 18 heavy (non-hydrogen) atoms. The van der Waals surface area contributed by atoms with Gasteiger partial charge in [0.05, 0.1) is 11.1 Å². The van der Waals surface area contributed by atoms with E-state index in [1.807, 2.05) is 0 Å². The molecular weight excluding hydrogens is 245 g/mol. The number of nitrogens with one attached hydrogen (secondary N) is 1. The number of carbonyl (C=O) groups is 1. The molecule has 0 saturated carbocycles. The Morgan fingerprint density at radius 3 is 2.50 bits per heavy atom. The first-order valence-electron chi connectivity index (χ1n) is 5.57. The summed E-state index contributed by atoms with van der Waals surface area (Å²) in [5, 5.41) is 2.48. The molecule has 0 heterocycles. The molecule has 3 nitrogen and oxygen atoms in total. The van der Waals surface area contributed by atoms with Gasteiger partial charge in [-0.25, -0.2) is 0 Å². The first kappa shape index (κ1) is 14.5. The third-order valence-corrected chi connectivity index (χ3v) is 2.59. The maximum Gasteiger partial charge on any atom is 0.417 e. The van der Waals surface area contributed by atoms with E-state index in [2.05, 4.69) is 5.32 Å². The minimum atomic E-state index is -4.54. The van der Waals surface area contributed by atoms with Crippen molar-refractivity contribution in [2.24, 2.45) is 5.73 Å². The maximum absolute atomic E-state index is 12.7. The summed E-state index contributed by atoms with van der Waals surface area (Å²) in [5.41, 5.74) is 4.08. The Morgan fingerprint density at radius 2 is 2.00 bits per heavy atom. The van der Waals surface area contributed by atoms with Crippen LogP contribution in [0.3, 0.4) is 0 Å². The molecule has 1 atom stereocenters. The van der Waals surface area contributed by atoms with Crippen molar-refractivity contribution in [3.05, 3.63) is 35.4 Å². The zero-order valence-electron chi connectivity index (χ0n) is 9.92. The summed E-state index contributed by atoms with van der Waals surface area (Å²) in [5.74, 6) is -0.750. The lowest BCUT2D eigenvalue weighted by Crippen LogP contribution is -2.40. The fourth-order valence-corrected chi connectivity index (χ4v) is 1.52. The van der Waals surface area contributed by atoms with Crippen LogP contribution >= 0.6 is 0 Å². The average Bonchev–Trinajstić information content (AvgIpc) is 2.34. The maximum atomic E-state index is 12.7. The van der Waals surface area contributed by atoms with Gasteiger partial charge in [0.25, 0.3) is 5.91 Å². The van der Waals surface area contributed by atoms with E-state index < -0.39 is 17.6 Å². The van der Waals surface area contributed by atoms with Gasteiger partial charge in [0.1, 0.15) is 0 Å². The van der Waals surface area contributed by atoms with Gasteiger partial charge in [-0.1, -0.05) is 19.1 Å². The molecular formula is C12H15F3N2O. The first-order valence-corrected chi connectivity index (χ1v) is 5.57. The van der Waals surface area contributed by atoms with E-state index in [0.29, 0.717) is 6.42 Å². The highest BCUT2D eigenvalue weighted by Gasteiger charge is 2.34. The molecule has 3 N–H and O–H groups in total. The van der Waals surface area contributed by atoms with Crippen LogP contribution in [0.1, 0.15) is 29.3 Å². The largest absolute Gasteiger partial charge is 0.417 e. The highest BCUT2D eigenvalue weighted by Crippen LogP contribution is 2.31. The monoisotopic (exact) mass is 260 g/mol. The van der Waals surface area contributed by atoms with Gasteiger partial charge in [0.15, 0.2) is 0 Å². The molecule has 1 rings (SSSR count). The van der Waals surface area contributed by atoms with Crippen molar-refractivity contribution in [3.63, 3.8) is 0 Å². The molecule has 0 aromatic heterocycles. The zero-order chi connectivity index (χ0) is 13.8. The summed E-state index contributed by atoms with van der Waals surface area (Å²) in [7, 11) is 0. The van der Waals surface area contributed by atoms with Crippen molar-refractivity contribution < 1.29 is 18.0 Å². The predicted molar refractivity (Wildman–Crippen MR) is 62.0 cm³/mol. The van der Waals surface area contributed by atoms with Gasteiger partial charge in [-0.3, -0.25) is 4.79 Å². The Hall–Kier alpha value is -1.56. The minimum Gasteiger partial charge on any atom is -0.348 e. The molecule has 0 fully saturated rings. The molecule has 0 aliphatic heterocycles. The van der Waals surface area contributed by atoms with Crippen molar-refractivity contribution >= 4 is 5.91 Å². The van der Waals surface area contributed by atoms with Crippen LogP contribution < -0.4 is 11.1 Å². The van der Waals surface area contributed by atoms with Gasteiger partial charge in [-0.15, -0.1) is 0 Å². The topological polar surface area (TPSA) is 55.1 Å². The van der Waals surface area contributed by atoms with Crippen molar-refractivity contribution in [3.8, 4) is 0 Å². The molecule has 6 heteroatoms. The van der Waals surface area contributed by atoms with Gasteiger partial charge in [-0.2, -0.15) is 13.2 Å². The second-order valence-electron chi connectivity index (χ2n) is 3.86. The van der Waals surface area contributed by atoms with Gasteiger partial charge in [0.2, 0.25) is 0 Å². The van der Waals surface area contributed by atoms with E-state index in [0.717, 1.165) is 12.1 Å². The van der Waals surface area contributed by atoms with Crippen LogP contribution in [0, 0.1) is 0 Å². The third-order valence-electron chi connectivity index (χ3n) is 2.59. The molecule has 0 aliphatic carbocycles. The van der Waals surface area contributed by atoms with Crippen LogP contribution in [-0.2, 0) is 6.18 Å². The highest BCUT2D eigenvalue weighted by molar-refractivity contribution is 5.96. The van der Waals surface area contributed by atoms with Gasteiger partial charge >= 0.3 is 6.18 Å². The van der Waals surface area contributed by atoms with Crippen LogP contribution in [0.2, 0.25) is 0 Å². The van der Waals surface area contributed by atoms with Crippen LogP contribution in [0.4, 0.5) is 13.2 Å². The van der Waals surface area contributed by atoms with Crippen molar-refractivity contribution in [1.29, 1.82) is 0 Å². The van der Waals surface area contributed by atoms with E-state index in [1.165, 1.54) is 12.1 Å². The molecule has 100 valence electrons. The number of hydrogen-bond donors (Lipinski definition) is 2. The lowest BCUT2D eigenvalue weighted by atomic mass is 10.1. The number of alkyl halides is 3. The van der Waals surface area contributed by atoms with Crippen LogP contribution in [-0.4, -0.2) is 18.5 Å². The number of nitrogens with two attached hydrogens (primary N) is 1. The van der Waals surface area contributed by atoms with Gasteiger partial charge in [0, 0.05) is 12.6 Å². The second-order valence-corrected chi connectivity index (χ2v) is 3.86. The summed E-state index contributed by atoms with van der Waals surface area (Å²) >= 11 is 0. The fourth-order valence-electron chi connectivity index (χ4n) is 1.52. The first-order chi connectivity index (χ1) is 8.40. The van der Waals surface area contributed by atoms with Crippen molar-refractivity contribution in [2.75, 3.05) is 6.54 Å². The van der Waals surface area contributed by atoms with E-state index in [1.54, 1.807) is 6.92 Å². The molecule has 0 spiro atoms. The fraction of sp³-hybridized carbons (Fsp3) is 0.417. The van der Waals surface area contributed by atoms with Crippen LogP contribution in [0.25, 0.3) is 0 Å². The standard InChI is InChI=1S/C12H15F3N2O/c1-2-8(7-16)17-11(18)9-5-3-4-6-10(9)12(13,14)15/h3-6,8H,2,7,16H2,1H3,(H,17,18). The van der Waals surface area contributed by atoms with Crippen LogP contribution in [0.15, 0.2) is 24.3 Å². The zero-order valence-corrected chi connectivity index (χ0v) is 9.92. The Labute approximate surface area is 103 Å². The summed E-state index contributed by atoms with van der Waals surface area (Å²) < 4.78 is 38.1. The lowest BCUT2D eigenvalue weighted by molar-refractivity contribution is -0.137. The van der Waals surface area contributed by atoms with Crippen LogP contribution in [0.5, 0.6) is 0 Å². The van der Waals surface area contributed by atoms with Crippen molar-refractivity contribution in [2.45, 2.75) is 25.6 Å². The summed E-state index contributed by atoms with van der Waals surface area (Å²) in [6.07, 6.45) is -3.98. The van der Waals surface area contributed by atoms with Gasteiger partial charge in [-0.05, 0) is 18.6 Å². The Balaban J connectivity index is 2.99. The quantitative estimate of drug-likeness (QED) is 0.871. The Morgan fingerprint density at radius 1 is 1.39 bits per heavy atom. The minimum absolute atomic E-state index is 0.191. The molecule has 0 aliphatic rings. The Bertz CT molecular complexity index is 414. The number of carbonyl (C=O) groups excluding carboxylic acids is 1. The summed E-state index contributed by atoms with van der Waals surface area (Å²) in [6, 6.07) is 4.37. The predicted octanol–water partition coefficient (Wildman–Crippen LogP) is 2.17. The van der Waals surface area contributed by atoms with E-state index >= 15 is 0 Å². The molecule has 1 amide bonds. The van der Waals surface area contributed by atoms with E-state index in [-0.39, 0.29) is 18.2 Å². The molecule has 0 saturated heterocycles. The summed E-state index contributed by atoms with van der Waals surface area (Å²) in [6.45, 7) is 1.99. The number of rotatable bonds is 4. The van der Waals surface area contributed by atoms with E-state index in [9.17, 15) is 18.0 Å². The smallest absolute Gasteiger partial charge is 0.348 e. The number of halogens is 3. The normalized spacial score (nSPS) is 13.2. The summed E-state index contributed by atoms with van der Waals surface area (Å²) in [4.78, 5) is 11.8. The van der Waals surface area contributed by atoms with Gasteiger partial charge < -0.3 is 11.1 Å². The number of benzene rings is 1. The molecule has 1 unspecified atom stereocenters. The molecule has 0 bridgehead atoms. The highest BCUT2D eigenvalue weighted by atomic mass is 19.4. The second kappa shape index (κ2) is 5.86. The molecule has 1 aromatic carbocycles. The molecule has 0 radical (unpaired) electrons. The Kier molecular flexibility index (Phi) is 4.72. The average molecular weight is 260 g/mol. The number of hydrogen-bond acceptors (Lipinski definition) is 2. The van der Waals surface area contributed by atoms with E-state index in [4.69, 9.17) is 5.73 Å². The lowest BCUT2D eigenvalue weighted by Gasteiger charge is -2.17. The third kappa shape index (κ3) is 3.46.